The van der Waals surface area contributed by atoms with Crippen LogP contribution in [-0.4, -0.2) is 25.2 Å². The first-order chi connectivity index (χ1) is 8.84. The van der Waals surface area contributed by atoms with E-state index in [1.807, 2.05) is 30.3 Å². The average Bonchev–Trinajstić information content (AvgIpc) is 2.45. The number of amides is 2. The second kappa shape index (κ2) is 7.01. The Morgan fingerprint density at radius 3 is 2.78 bits per heavy atom. The minimum absolute atomic E-state index is 0.0915. The van der Waals surface area contributed by atoms with Gasteiger partial charge in [0.2, 0.25) is 0 Å². The summed E-state index contributed by atoms with van der Waals surface area (Å²) in [7, 11) is 0. The van der Waals surface area contributed by atoms with Crippen molar-refractivity contribution in [2.75, 3.05) is 13.1 Å². The van der Waals surface area contributed by atoms with E-state index in [1.54, 1.807) is 0 Å². The summed E-state index contributed by atoms with van der Waals surface area (Å²) in [4.78, 5) is 11.6. The lowest BCUT2D eigenvalue weighted by Crippen LogP contribution is -2.46. The molecule has 0 aromatic heterocycles. The van der Waals surface area contributed by atoms with Crippen molar-refractivity contribution in [3.63, 3.8) is 0 Å². The first-order valence-corrected chi connectivity index (χ1v) is 6.63. The predicted octanol–water partition coefficient (Wildman–Crippen LogP) is 1.63. The fourth-order valence-corrected chi connectivity index (χ4v) is 2.15. The van der Waals surface area contributed by atoms with E-state index in [4.69, 9.17) is 0 Å². The van der Waals surface area contributed by atoms with Crippen LogP contribution in [0.1, 0.15) is 24.8 Å². The first kappa shape index (κ1) is 12.9. The Hall–Kier alpha value is -1.55. The van der Waals surface area contributed by atoms with Crippen molar-refractivity contribution in [2.24, 2.45) is 0 Å². The zero-order valence-corrected chi connectivity index (χ0v) is 10.6. The second-order valence-corrected chi connectivity index (χ2v) is 4.70. The zero-order chi connectivity index (χ0) is 12.6. The molecule has 1 unspecified atom stereocenters. The molecule has 0 radical (unpaired) electrons. The molecule has 0 saturated carbocycles. The number of carbonyl (C=O) groups is 1. The molecule has 0 spiro atoms. The highest BCUT2D eigenvalue weighted by atomic mass is 16.2. The lowest BCUT2D eigenvalue weighted by molar-refractivity contribution is 0.238. The van der Waals surface area contributed by atoms with E-state index >= 15 is 0 Å². The van der Waals surface area contributed by atoms with E-state index in [-0.39, 0.29) is 6.03 Å². The first-order valence-electron chi connectivity index (χ1n) is 6.63. The lowest BCUT2D eigenvalue weighted by atomic mass is 10.1. The van der Waals surface area contributed by atoms with Crippen LogP contribution in [0.2, 0.25) is 0 Å². The van der Waals surface area contributed by atoms with Crippen molar-refractivity contribution in [1.82, 2.24) is 16.0 Å². The highest BCUT2D eigenvalue weighted by molar-refractivity contribution is 5.73. The van der Waals surface area contributed by atoms with Crippen molar-refractivity contribution in [1.29, 1.82) is 0 Å². The highest BCUT2D eigenvalue weighted by Crippen LogP contribution is 2.05. The summed E-state index contributed by atoms with van der Waals surface area (Å²) in [5.74, 6) is 0. The minimum atomic E-state index is -0.0915. The number of hydrogen-bond acceptors (Lipinski definition) is 2. The van der Waals surface area contributed by atoms with Gasteiger partial charge in [-0.05, 0) is 24.9 Å². The largest absolute Gasteiger partial charge is 0.337 e. The number of benzene rings is 1. The maximum atomic E-state index is 11.6. The number of piperidine rings is 1. The molecule has 1 aromatic rings. The molecule has 2 amide bonds. The lowest BCUT2D eigenvalue weighted by Gasteiger charge is -2.23. The van der Waals surface area contributed by atoms with Crippen LogP contribution in [0.3, 0.4) is 0 Å². The highest BCUT2D eigenvalue weighted by Gasteiger charge is 2.12. The van der Waals surface area contributed by atoms with Gasteiger partial charge in [0.1, 0.15) is 0 Å². The number of hydrogen-bond donors (Lipinski definition) is 3. The van der Waals surface area contributed by atoms with E-state index in [0.29, 0.717) is 19.1 Å². The summed E-state index contributed by atoms with van der Waals surface area (Å²) in [5.41, 5.74) is 1.11. The molecule has 18 heavy (non-hydrogen) atoms. The van der Waals surface area contributed by atoms with Gasteiger partial charge in [0.25, 0.3) is 0 Å². The molecule has 1 fully saturated rings. The maximum absolute atomic E-state index is 11.6. The van der Waals surface area contributed by atoms with E-state index < -0.39 is 0 Å². The Morgan fingerprint density at radius 1 is 1.22 bits per heavy atom. The van der Waals surface area contributed by atoms with Crippen LogP contribution in [0.15, 0.2) is 30.3 Å². The second-order valence-electron chi connectivity index (χ2n) is 4.70. The summed E-state index contributed by atoms with van der Waals surface area (Å²) in [6, 6.07) is 10.3. The molecular formula is C14H21N3O. The molecule has 98 valence electrons. The summed E-state index contributed by atoms with van der Waals surface area (Å²) in [6.07, 6.45) is 3.65. The molecule has 1 atom stereocenters. The van der Waals surface area contributed by atoms with Crippen LogP contribution in [0.25, 0.3) is 0 Å². The van der Waals surface area contributed by atoms with Gasteiger partial charge in [-0.1, -0.05) is 36.8 Å². The van der Waals surface area contributed by atoms with Crippen LogP contribution < -0.4 is 16.0 Å². The van der Waals surface area contributed by atoms with Crippen molar-refractivity contribution in [2.45, 2.75) is 31.8 Å². The number of nitrogens with one attached hydrogen (secondary N) is 3. The van der Waals surface area contributed by atoms with Crippen molar-refractivity contribution < 1.29 is 4.79 Å². The quantitative estimate of drug-likeness (QED) is 0.757. The molecule has 4 nitrogen and oxygen atoms in total. The molecule has 3 N–H and O–H groups in total. The SMILES string of the molecule is O=C(NCc1ccccc1)NCC1CCCCN1. The van der Waals surface area contributed by atoms with E-state index in [9.17, 15) is 4.79 Å². The van der Waals surface area contributed by atoms with Gasteiger partial charge in [-0.25, -0.2) is 4.79 Å². The smallest absolute Gasteiger partial charge is 0.315 e. The van der Waals surface area contributed by atoms with Crippen LogP contribution in [0.5, 0.6) is 0 Å². The molecule has 4 heteroatoms. The van der Waals surface area contributed by atoms with Gasteiger partial charge in [-0.3, -0.25) is 0 Å². The Balaban J connectivity index is 1.63. The molecule has 1 aromatic carbocycles. The third-order valence-electron chi connectivity index (χ3n) is 3.22. The third-order valence-corrected chi connectivity index (χ3v) is 3.22. The normalized spacial score (nSPS) is 19.2. The van der Waals surface area contributed by atoms with Gasteiger partial charge < -0.3 is 16.0 Å². The van der Waals surface area contributed by atoms with Crippen LogP contribution >= 0.6 is 0 Å². The van der Waals surface area contributed by atoms with Gasteiger partial charge in [0.15, 0.2) is 0 Å². The van der Waals surface area contributed by atoms with Crippen LogP contribution in [0, 0.1) is 0 Å². The predicted molar refractivity (Wildman–Crippen MR) is 72.3 cm³/mol. The fourth-order valence-electron chi connectivity index (χ4n) is 2.15. The van der Waals surface area contributed by atoms with Gasteiger partial charge in [-0.15, -0.1) is 0 Å². The Kier molecular flexibility index (Phi) is 5.02. The summed E-state index contributed by atoms with van der Waals surface area (Å²) in [6.45, 7) is 2.35. The van der Waals surface area contributed by atoms with Crippen molar-refractivity contribution >= 4 is 6.03 Å². The Bertz CT molecular complexity index is 361. The molecule has 1 saturated heterocycles. The minimum Gasteiger partial charge on any atom is -0.337 e. The van der Waals surface area contributed by atoms with Gasteiger partial charge in [-0.2, -0.15) is 0 Å². The Morgan fingerprint density at radius 2 is 2.06 bits per heavy atom. The van der Waals surface area contributed by atoms with Crippen LogP contribution in [-0.2, 0) is 6.54 Å². The van der Waals surface area contributed by atoms with E-state index in [1.165, 1.54) is 12.8 Å². The zero-order valence-electron chi connectivity index (χ0n) is 10.6. The fraction of sp³-hybridized carbons (Fsp3) is 0.500. The van der Waals surface area contributed by atoms with Gasteiger partial charge in [0, 0.05) is 19.1 Å². The summed E-state index contributed by atoms with van der Waals surface area (Å²) < 4.78 is 0. The maximum Gasteiger partial charge on any atom is 0.315 e. The molecule has 1 aliphatic rings. The van der Waals surface area contributed by atoms with Crippen molar-refractivity contribution in [3.8, 4) is 0 Å². The molecule has 1 heterocycles. The van der Waals surface area contributed by atoms with E-state index in [0.717, 1.165) is 18.5 Å². The Labute approximate surface area is 108 Å². The van der Waals surface area contributed by atoms with Crippen molar-refractivity contribution in [3.05, 3.63) is 35.9 Å². The number of urea groups is 1. The monoisotopic (exact) mass is 247 g/mol. The van der Waals surface area contributed by atoms with Crippen LogP contribution in [0.4, 0.5) is 4.79 Å². The number of rotatable bonds is 4. The van der Waals surface area contributed by atoms with Gasteiger partial charge in [0.05, 0.1) is 0 Å². The summed E-state index contributed by atoms with van der Waals surface area (Å²) in [5, 5.41) is 9.18. The average molecular weight is 247 g/mol. The molecule has 0 bridgehead atoms. The molecule has 0 aliphatic carbocycles. The summed E-state index contributed by atoms with van der Waals surface area (Å²) >= 11 is 0. The molecule has 1 aliphatic heterocycles. The third kappa shape index (κ3) is 4.37. The van der Waals surface area contributed by atoms with Gasteiger partial charge >= 0.3 is 6.03 Å². The number of carbonyl (C=O) groups excluding carboxylic acids is 1. The topological polar surface area (TPSA) is 53.2 Å². The standard InChI is InChI=1S/C14H21N3O/c18-14(16-10-12-6-2-1-3-7-12)17-11-13-8-4-5-9-15-13/h1-3,6-7,13,15H,4-5,8-11H2,(H2,16,17,18). The molecule has 2 rings (SSSR count). The van der Waals surface area contributed by atoms with E-state index in [2.05, 4.69) is 16.0 Å². The molecular weight excluding hydrogens is 226 g/mol.